The zero-order valence-electron chi connectivity index (χ0n) is 61.7. The van der Waals surface area contributed by atoms with Gasteiger partial charge in [0.1, 0.15) is 13.2 Å². The lowest BCUT2D eigenvalue weighted by Crippen LogP contribution is -2.53. The summed E-state index contributed by atoms with van der Waals surface area (Å²) < 4.78 is 21.5. The van der Waals surface area contributed by atoms with Crippen molar-refractivity contribution in [3.8, 4) is 0 Å². The van der Waals surface area contributed by atoms with E-state index in [1.807, 2.05) is 0 Å². The third kappa shape index (κ3) is 60.7. The molecule has 0 bridgehead atoms. The quantitative estimate of drug-likeness (QED) is 0.0331. The molecule has 0 spiro atoms. The molecule has 554 valence electrons. The Bertz CT molecular complexity index is 1520. The number of nitrogens with one attached hydrogen (secondary N) is 2. The van der Waals surface area contributed by atoms with E-state index in [0.29, 0.717) is 26.2 Å². The molecule has 0 aliphatic carbocycles. The number of unbranched alkanes of at least 4 members (excludes halogenated alkanes) is 52. The van der Waals surface area contributed by atoms with Gasteiger partial charge in [0.15, 0.2) is 0 Å². The summed E-state index contributed by atoms with van der Waals surface area (Å²) in [5.41, 5.74) is 0. The predicted octanol–water partition coefficient (Wildman–Crippen LogP) is 21.0. The molecule has 0 aliphatic rings. The number of ether oxygens (including phenoxy) is 4. The van der Waals surface area contributed by atoms with Crippen molar-refractivity contribution in [2.45, 2.75) is 399 Å². The van der Waals surface area contributed by atoms with E-state index in [0.717, 1.165) is 103 Å². The number of carboxylic acid groups (broad SMARTS) is 2. The number of hydrogen-bond acceptors (Lipinski definition) is 10. The van der Waals surface area contributed by atoms with Crippen LogP contribution in [0.25, 0.3) is 0 Å². The first-order valence-corrected chi connectivity index (χ1v) is 40.1. The molecule has 0 aliphatic heterocycles. The number of carbonyl (C=O) groups is 6. The minimum absolute atomic E-state index is 0.0217. The highest BCUT2D eigenvalue weighted by molar-refractivity contribution is 6.04. The van der Waals surface area contributed by atoms with Gasteiger partial charge in [0.2, 0.25) is 12.1 Å². The average molecular weight is 1340 g/mol. The molecule has 0 fully saturated rings. The fraction of sp³-hybridized carbons (Fsp3) is 0.923. The summed E-state index contributed by atoms with van der Waals surface area (Å²) in [5, 5.41) is 24.8. The minimum atomic E-state index is -1.78. The lowest BCUT2D eigenvalue weighted by atomic mass is 10.0. The first-order valence-electron chi connectivity index (χ1n) is 40.1. The van der Waals surface area contributed by atoms with E-state index in [1.165, 1.54) is 257 Å². The second-order valence-corrected chi connectivity index (χ2v) is 27.4. The fourth-order valence-corrected chi connectivity index (χ4v) is 12.5. The van der Waals surface area contributed by atoms with Gasteiger partial charge in [0, 0.05) is 26.2 Å². The van der Waals surface area contributed by atoms with Crippen LogP contribution >= 0.6 is 0 Å². The van der Waals surface area contributed by atoms with Crippen molar-refractivity contribution in [3.05, 3.63) is 0 Å². The maximum atomic E-state index is 13.8. The number of rotatable bonds is 75. The maximum absolute atomic E-state index is 13.8. The van der Waals surface area contributed by atoms with Gasteiger partial charge in [-0.05, 0) is 25.7 Å². The van der Waals surface area contributed by atoms with Gasteiger partial charge in [0.25, 0.3) is 11.8 Å². The van der Waals surface area contributed by atoms with Crippen LogP contribution in [-0.4, -0.2) is 134 Å². The SMILES string of the molecule is CCCCCCCCCCCCCCCCN(CCCCCCCCCCCCCCCC)C(=O)C(NC(=O)OCCOCCOCCOC(=O)NC(C(=O)O)C(=O)N(CCCCCCCCCCCCCCCC)CCCCCCCCCCCCCCCC)C(=O)O. The zero-order chi connectivity index (χ0) is 68.7. The first kappa shape index (κ1) is 90.3. The molecule has 0 aromatic heterocycles. The van der Waals surface area contributed by atoms with Crippen LogP contribution in [0, 0.1) is 0 Å². The highest BCUT2D eigenvalue weighted by atomic mass is 16.6. The maximum Gasteiger partial charge on any atom is 0.408 e. The molecule has 16 heteroatoms. The molecular formula is C78H150N4O12. The summed E-state index contributed by atoms with van der Waals surface area (Å²) in [6, 6.07) is -3.55. The van der Waals surface area contributed by atoms with Crippen molar-refractivity contribution in [2.24, 2.45) is 0 Å². The average Bonchev–Trinajstić information content (AvgIpc) is 1.27. The van der Waals surface area contributed by atoms with Crippen LogP contribution in [0.2, 0.25) is 0 Å². The Morgan fingerprint density at radius 3 is 0.585 bits per heavy atom. The summed E-state index contributed by atoms with van der Waals surface area (Å²) in [7, 11) is 0. The van der Waals surface area contributed by atoms with Crippen LogP contribution < -0.4 is 10.6 Å². The Morgan fingerprint density at radius 2 is 0.415 bits per heavy atom. The van der Waals surface area contributed by atoms with Gasteiger partial charge in [-0.15, -0.1) is 0 Å². The lowest BCUT2D eigenvalue weighted by molar-refractivity contribution is -0.149. The van der Waals surface area contributed by atoms with Crippen molar-refractivity contribution in [3.63, 3.8) is 0 Å². The van der Waals surface area contributed by atoms with Gasteiger partial charge in [-0.3, -0.25) is 20.2 Å². The first-order chi connectivity index (χ1) is 46.0. The number of alkyl carbamates (subject to hydrolysis) is 2. The van der Waals surface area contributed by atoms with Crippen LogP contribution in [0.3, 0.4) is 0 Å². The topological polar surface area (TPSA) is 210 Å². The van der Waals surface area contributed by atoms with Crippen LogP contribution in [0.15, 0.2) is 0 Å². The lowest BCUT2D eigenvalue weighted by Gasteiger charge is -2.26. The van der Waals surface area contributed by atoms with Gasteiger partial charge in [-0.2, -0.15) is 0 Å². The Labute approximate surface area is 576 Å². The standard InChI is InChI=1S/C78H150N4O12/c1-5-9-13-17-21-25-29-33-37-41-45-49-53-57-61-81(62-58-54-50-46-42-38-34-30-26-22-18-14-10-6-2)73(83)71(75(85)86)79-77(89)93-69-67-91-65-66-92-68-70-94-78(90)80-72(76(87)88)74(84)82(63-59-55-51-47-43-39-35-31-27-23-19-15-11-7-3)64-60-56-52-48-44-40-36-32-28-24-20-16-12-8-4/h71-72H,5-70H2,1-4H3,(H,79,89)(H,80,90)(H,85,86)(H,87,88). The van der Waals surface area contributed by atoms with E-state index in [2.05, 4.69) is 38.3 Å². The predicted molar refractivity (Wildman–Crippen MR) is 388 cm³/mol. The van der Waals surface area contributed by atoms with E-state index in [-0.39, 0.29) is 39.6 Å². The number of hydrogen-bond donors (Lipinski definition) is 4. The van der Waals surface area contributed by atoms with E-state index >= 15 is 0 Å². The molecule has 0 aromatic carbocycles. The summed E-state index contributed by atoms with van der Waals surface area (Å²) >= 11 is 0. The van der Waals surface area contributed by atoms with Crippen LogP contribution in [0.4, 0.5) is 9.59 Å². The number of carboxylic acids is 2. The van der Waals surface area contributed by atoms with Crippen LogP contribution in [-0.2, 0) is 38.1 Å². The molecule has 0 saturated heterocycles. The molecule has 0 rings (SSSR count). The zero-order valence-corrected chi connectivity index (χ0v) is 61.7. The van der Waals surface area contributed by atoms with E-state index in [1.54, 1.807) is 9.80 Å². The molecule has 0 aromatic rings. The Morgan fingerprint density at radius 1 is 0.255 bits per heavy atom. The van der Waals surface area contributed by atoms with Crippen molar-refractivity contribution >= 4 is 35.9 Å². The van der Waals surface area contributed by atoms with Gasteiger partial charge in [-0.25, -0.2) is 19.2 Å². The third-order valence-electron chi connectivity index (χ3n) is 18.6. The number of carbonyl (C=O) groups excluding carboxylic acids is 4. The normalized spacial score (nSPS) is 12.0. The molecule has 4 amide bonds. The van der Waals surface area contributed by atoms with E-state index in [4.69, 9.17) is 18.9 Å². The molecule has 2 atom stereocenters. The molecule has 4 N–H and O–H groups in total. The monoisotopic (exact) mass is 1340 g/mol. The van der Waals surface area contributed by atoms with Crippen molar-refractivity contribution in [2.75, 3.05) is 65.8 Å². The van der Waals surface area contributed by atoms with Gasteiger partial charge in [-0.1, -0.05) is 362 Å². The van der Waals surface area contributed by atoms with Gasteiger partial charge in [0.05, 0.1) is 26.4 Å². The molecule has 0 heterocycles. The number of amides is 4. The second-order valence-electron chi connectivity index (χ2n) is 27.4. The van der Waals surface area contributed by atoms with Crippen molar-refractivity contribution in [1.29, 1.82) is 0 Å². The molecular weight excluding hydrogens is 1180 g/mol. The number of nitrogens with zero attached hydrogens (tertiary/aromatic N) is 2. The van der Waals surface area contributed by atoms with E-state index in [9.17, 15) is 39.0 Å². The summed E-state index contributed by atoms with van der Waals surface area (Å²) in [6.45, 7) is 10.5. The Balaban J connectivity index is 4.97. The molecule has 94 heavy (non-hydrogen) atoms. The summed E-state index contributed by atoms with van der Waals surface area (Å²) in [5.74, 6) is -4.16. The highest BCUT2D eigenvalue weighted by Gasteiger charge is 2.34. The number of aliphatic carboxylic acids is 2. The van der Waals surface area contributed by atoms with Crippen molar-refractivity contribution in [1.82, 2.24) is 20.4 Å². The fourth-order valence-electron chi connectivity index (χ4n) is 12.5. The van der Waals surface area contributed by atoms with E-state index < -0.39 is 48.0 Å². The van der Waals surface area contributed by atoms with Gasteiger partial charge >= 0.3 is 24.1 Å². The third-order valence-corrected chi connectivity index (χ3v) is 18.6. The minimum Gasteiger partial charge on any atom is -0.479 e. The van der Waals surface area contributed by atoms with Crippen LogP contribution in [0.5, 0.6) is 0 Å². The highest BCUT2D eigenvalue weighted by Crippen LogP contribution is 2.19. The summed E-state index contributed by atoms with van der Waals surface area (Å²) in [6.07, 6.45) is 66.1. The molecule has 0 saturated carbocycles. The van der Waals surface area contributed by atoms with Crippen LogP contribution in [0.1, 0.15) is 387 Å². The van der Waals surface area contributed by atoms with Gasteiger partial charge < -0.3 is 39.0 Å². The molecule has 16 nitrogen and oxygen atoms in total. The Kier molecular flexibility index (Phi) is 69.3. The summed E-state index contributed by atoms with van der Waals surface area (Å²) in [4.78, 5) is 81.4. The largest absolute Gasteiger partial charge is 0.479 e. The Hall–Kier alpha value is -3.66. The molecule has 2 unspecified atom stereocenters. The second kappa shape index (κ2) is 72.1. The smallest absolute Gasteiger partial charge is 0.408 e. The van der Waals surface area contributed by atoms with Crippen molar-refractivity contribution < 1.29 is 57.9 Å². The molecule has 0 radical (unpaired) electrons.